The van der Waals surface area contributed by atoms with Gasteiger partial charge >= 0.3 is 5.69 Å². The molecule has 0 bridgehead atoms. The molecule has 0 aliphatic rings. The summed E-state index contributed by atoms with van der Waals surface area (Å²) in [6.45, 7) is 5.90. The van der Waals surface area contributed by atoms with Crippen LogP contribution in [0.3, 0.4) is 0 Å². The Balaban J connectivity index is 1.78. The molecule has 6 nitrogen and oxygen atoms in total. The topological polar surface area (TPSA) is 65.3 Å². The van der Waals surface area contributed by atoms with Gasteiger partial charge in [-0.1, -0.05) is 32.0 Å². The number of imidazole rings is 1. The van der Waals surface area contributed by atoms with Crippen molar-refractivity contribution in [1.29, 1.82) is 0 Å². The Morgan fingerprint density at radius 2 is 1.67 bits per heavy atom. The number of anilines is 1. The highest BCUT2D eigenvalue weighted by molar-refractivity contribution is 5.96. The number of rotatable bonds is 5. The van der Waals surface area contributed by atoms with E-state index in [4.69, 9.17) is 4.74 Å². The van der Waals surface area contributed by atoms with E-state index in [0.717, 1.165) is 22.3 Å². The maximum atomic E-state index is 12.6. The number of ether oxygens (including phenoxy) is 1. The van der Waals surface area contributed by atoms with Crippen molar-refractivity contribution in [2.75, 3.05) is 5.32 Å². The lowest BCUT2D eigenvalue weighted by molar-refractivity contribution is -0.122. The van der Waals surface area contributed by atoms with Crippen molar-refractivity contribution in [3.63, 3.8) is 0 Å². The van der Waals surface area contributed by atoms with E-state index >= 15 is 0 Å². The molecule has 0 saturated heterocycles. The SMILES string of the molecule is CC(C)c1ccccc1O[C@H](C)C(=O)Nc1ccc2c(c1)n(C)c(=O)n2C. The van der Waals surface area contributed by atoms with Gasteiger partial charge in [-0.05, 0) is 42.7 Å². The molecule has 3 aromatic rings. The molecule has 1 N–H and O–H groups in total. The van der Waals surface area contributed by atoms with Crippen molar-refractivity contribution in [3.05, 3.63) is 58.5 Å². The van der Waals surface area contributed by atoms with Crippen molar-refractivity contribution < 1.29 is 9.53 Å². The molecular weight excluding hydrogens is 342 g/mol. The van der Waals surface area contributed by atoms with E-state index in [-0.39, 0.29) is 11.6 Å². The number of nitrogens with zero attached hydrogens (tertiary/aromatic N) is 2. The van der Waals surface area contributed by atoms with Crippen molar-refractivity contribution in [1.82, 2.24) is 9.13 Å². The quantitative estimate of drug-likeness (QED) is 0.752. The van der Waals surface area contributed by atoms with Crippen LogP contribution in [-0.4, -0.2) is 21.1 Å². The van der Waals surface area contributed by atoms with E-state index in [1.807, 2.05) is 30.3 Å². The molecule has 0 unspecified atom stereocenters. The maximum Gasteiger partial charge on any atom is 0.328 e. The molecule has 0 radical (unpaired) electrons. The number of nitrogens with one attached hydrogen (secondary N) is 1. The largest absolute Gasteiger partial charge is 0.481 e. The number of carbonyl (C=O) groups excluding carboxylic acids is 1. The minimum Gasteiger partial charge on any atom is -0.481 e. The highest BCUT2D eigenvalue weighted by Crippen LogP contribution is 2.27. The Bertz CT molecular complexity index is 1050. The predicted octanol–water partition coefficient (Wildman–Crippen LogP) is 3.41. The minimum atomic E-state index is -0.653. The monoisotopic (exact) mass is 367 g/mol. The molecule has 1 aromatic heterocycles. The van der Waals surface area contributed by atoms with Crippen LogP contribution in [0.4, 0.5) is 5.69 Å². The number of carbonyl (C=O) groups is 1. The third kappa shape index (κ3) is 3.60. The second kappa shape index (κ2) is 7.31. The average molecular weight is 367 g/mol. The Morgan fingerprint density at radius 1 is 1.00 bits per heavy atom. The molecule has 6 heteroatoms. The summed E-state index contributed by atoms with van der Waals surface area (Å²) >= 11 is 0. The van der Waals surface area contributed by atoms with Gasteiger partial charge in [0.2, 0.25) is 0 Å². The van der Waals surface area contributed by atoms with Gasteiger partial charge in [-0.25, -0.2) is 4.79 Å². The van der Waals surface area contributed by atoms with Crippen LogP contribution in [0.5, 0.6) is 5.75 Å². The predicted molar refractivity (Wildman–Crippen MR) is 107 cm³/mol. The number of hydrogen-bond acceptors (Lipinski definition) is 3. The van der Waals surface area contributed by atoms with Crippen LogP contribution in [0.2, 0.25) is 0 Å². The van der Waals surface area contributed by atoms with E-state index in [2.05, 4.69) is 19.2 Å². The van der Waals surface area contributed by atoms with Crippen LogP contribution in [0.15, 0.2) is 47.3 Å². The molecular formula is C21H25N3O3. The van der Waals surface area contributed by atoms with E-state index in [1.54, 1.807) is 42.3 Å². The van der Waals surface area contributed by atoms with Gasteiger partial charge in [0, 0.05) is 19.8 Å². The third-order valence-electron chi connectivity index (χ3n) is 4.75. The molecule has 1 amide bonds. The molecule has 0 saturated carbocycles. The number of hydrogen-bond donors (Lipinski definition) is 1. The highest BCUT2D eigenvalue weighted by atomic mass is 16.5. The van der Waals surface area contributed by atoms with E-state index < -0.39 is 6.10 Å². The maximum absolute atomic E-state index is 12.6. The molecule has 0 fully saturated rings. The molecule has 27 heavy (non-hydrogen) atoms. The highest BCUT2D eigenvalue weighted by Gasteiger charge is 2.18. The normalized spacial score (nSPS) is 12.4. The van der Waals surface area contributed by atoms with Crippen LogP contribution in [0.1, 0.15) is 32.3 Å². The fourth-order valence-corrected chi connectivity index (χ4v) is 3.14. The first kappa shape index (κ1) is 18.8. The van der Waals surface area contributed by atoms with E-state index in [1.165, 1.54) is 0 Å². The third-order valence-corrected chi connectivity index (χ3v) is 4.75. The van der Waals surface area contributed by atoms with Crippen LogP contribution in [0.25, 0.3) is 11.0 Å². The Kier molecular flexibility index (Phi) is 5.08. The fourth-order valence-electron chi connectivity index (χ4n) is 3.14. The first-order valence-corrected chi connectivity index (χ1v) is 9.01. The van der Waals surface area contributed by atoms with Gasteiger partial charge in [0.05, 0.1) is 11.0 Å². The van der Waals surface area contributed by atoms with Gasteiger partial charge in [-0.15, -0.1) is 0 Å². The number of fused-ring (bicyclic) bond motifs is 1. The zero-order valence-corrected chi connectivity index (χ0v) is 16.3. The summed E-state index contributed by atoms with van der Waals surface area (Å²) < 4.78 is 9.04. The number of para-hydroxylation sites is 1. The summed E-state index contributed by atoms with van der Waals surface area (Å²) in [5.74, 6) is 0.781. The van der Waals surface area contributed by atoms with Crippen LogP contribution < -0.4 is 15.7 Å². The average Bonchev–Trinajstić information content (AvgIpc) is 2.86. The zero-order valence-electron chi connectivity index (χ0n) is 16.3. The summed E-state index contributed by atoms with van der Waals surface area (Å²) in [4.78, 5) is 24.6. The number of aromatic nitrogens is 2. The Morgan fingerprint density at radius 3 is 2.37 bits per heavy atom. The molecule has 0 aliphatic carbocycles. The molecule has 0 aliphatic heterocycles. The number of amides is 1. The summed E-state index contributed by atoms with van der Waals surface area (Å²) in [6, 6.07) is 13.2. The molecule has 3 rings (SSSR count). The summed E-state index contributed by atoms with van der Waals surface area (Å²) in [6.07, 6.45) is -0.653. The van der Waals surface area contributed by atoms with Gasteiger partial charge < -0.3 is 10.1 Å². The molecule has 142 valence electrons. The summed E-state index contributed by atoms with van der Waals surface area (Å²) in [7, 11) is 3.44. The Labute approximate surface area is 158 Å². The summed E-state index contributed by atoms with van der Waals surface area (Å²) in [5.41, 5.74) is 3.17. The van der Waals surface area contributed by atoms with Gasteiger partial charge in [-0.2, -0.15) is 0 Å². The number of aryl methyl sites for hydroxylation is 2. The minimum absolute atomic E-state index is 0.101. The van der Waals surface area contributed by atoms with Crippen molar-refractivity contribution in [2.24, 2.45) is 14.1 Å². The van der Waals surface area contributed by atoms with Gasteiger partial charge in [-0.3, -0.25) is 13.9 Å². The van der Waals surface area contributed by atoms with Gasteiger partial charge in [0.25, 0.3) is 5.91 Å². The standard InChI is InChI=1S/C21H25N3O3/c1-13(2)16-8-6-7-9-19(16)27-14(3)20(25)22-15-10-11-17-18(12-15)24(5)21(26)23(17)4/h6-14H,1-5H3,(H,22,25)/t14-/m1/s1. The second-order valence-corrected chi connectivity index (χ2v) is 7.05. The molecule has 1 atom stereocenters. The van der Waals surface area contributed by atoms with Crippen LogP contribution in [0, 0.1) is 0 Å². The lowest BCUT2D eigenvalue weighted by Gasteiger charge is -2.18. The molecule has 2 aromatic carbocycles. The van der Waals surface area contributed by atoms with E-state index in [9.17, 15) is 9.59 Å². The molecule has 1 heterocycles. The van der Waals surface area contributed by atoms with Gasteiger partial charge in [0.1, 0.15) is 5.75 Å². The molecule has 0 spiro atoms. The van der Waals surface area contributed by atoms with E-state index in [0.29, 0.717) is 11.6 Å². The number of benzene rings is 2. The first-order valence-electron chi connectivity index (χ1n) is 9.01. The van der Waals surface area contributed by atoms with Gasteiger partial charge in [0.15, 0.2) is 6.10 Å². The fraction of sp³-hybridized carbons (Fsp3) is 0.333. The van der Waals surface area contributed by atoms with Crippen molar-refractivity contribution in [2.45, 2.75) is 32.8 Å². The zero-order chi connectivity index (χ0) is 19.7. The van der Waals surface area contributed by atoms with Crippen molar-refractivity contribution in [3.8, 4) is 5.75 Å². The smallest absolute Gasteiger partial charge is 0.328 e. The van der Waals surface area contributed by atoms with Crippen LogP contribution >= 0.6 is 0 Å². The van der Waals surface area contributed by atoms with Crippen molar-refractivity contribution >= 4 is 22.6 Å². The Hall–Kier alpha value is -3.02. The second-order valence-electron chi connectivity index (χ2n) is 7.05. The summed E-state index contributed by atoms with van der Waals surface area (Å²) in [5, 5.41) is 2.87. The first-order chi connectivity index (χ1) is 12.8. The van der Waals surface area contributed by atoms with Crippen LogP contribution in [-0.2, 0) is 18.9 Å². The lowest BCUT2D eigenvalue weighted by Crippen LogP contribution is -2.30. The lowest BCUT2D eigenvalue weighted by atomic mass is 10.0.